The van der Waals surface area contributed by atoms with Crippen LogP contribution in [0.2, 0.25) is 0 Å². The molecule has 1 saturated carbocycles. The predicted molar refractivity (Wildman–Crippen MR) is 142 cm³/mol. The monoisotopic (exact) mass is 488 g/mol. The van der Waals surface area contributed by atoms with Crippen LogP contribution in [-0.2, 0) is 4.79 Å². The molecule has 0 spiro atoms. The van der Waals surface area contributed by atoms with Gasteiger partial charge in [-0.05, 0) is 56.2 Å². The molecular formula is C28H24N8O. The van der Waals surface area contributed by atoms with E-state index in [9.17, 15) is 4.79 Å². The van der Waals surface area contributed by atoms with E-state index in [1.807, 2.05) is 48.3 Å². The smallest absolute Gasteiger partial charge is 0.227 e. The molecule has 1 aromatic carbocycles. The number of fused-ring (bicyclic) bond motifs is 2. The van der Waals surface area contributed by atoms with Gasteiger partial charge < -0.3 is 14.9 Å². The summed E-state index contributed by atoms with van der Waals surface area (Å²) in [5.74, 6) is 0.177. The van der Waals surface area contributed by atoms with Crippen LogP contribution in [0.4, 0.5) is 5.69 Å². The average molecular weight is 489 g/mol. The molecule has 0 aliphatic heterocycles. The van der Waals surface area contributed by atoms with E-state index in [1.165, 1.54) is 0 Å². The SMILES string of the molecule is Cc1cn(-c2cccc3[nH]c(-c4n[nH]c5ccc(-c6cncc(NC(=O)C7CCC7)c6)nc45)cc23)cn1. The Labute approximate surface area is 212 Å². The van der Waals surface area contributed by atoms with Crippen LogP contribution in [0.3, 0.4) is 0 Å². The highest BCUT2D eigenvalue weighted by Crippen LogP contribution is 2.32. The van der Waals surface area contributed by atoms with Crippen molar-refractivity contribution < 1.29 is 4.79 Å². The number of carbonyl (C=O) groups excluding carboxylic acids is 1. The predicted octanol–water partition coefficient (Wildman–Crippen LogP) is 5.40. The Balaban J connectivity index is 1.26. The van der Waals surface area contributed by atoms with Gasteiger partial charge >= 0.3 is 0 Å². The van der Waals surface area contributed by atoms with Gasteiger partial charge in [0.1, 0.15) is 11.2 Å². The summed E-state index contributed by atoms with van der Waals surface area (Å²) < 4.78 is 2.03. The Kier molecular flexibility index (Phi) is 4.88. The van der Waals surface area contributed by atoms with Crippen molar-refractivity contribution in [1.82, 2.24) is 34.7 Å². The van der Waals surface area contributed by atoms with Crippen molar-refractivity contribution >= 4 is 33.5 Å². The van der Waals surface area contributed by atoms with Crippen LogP contribution in [0.15, 0.2) is 67.4 Å². The number of hydrogen-bond donors (Lipinski definition) is 3. The summed E-state index contributed by atoms with van der Waals surface area (Å²) in [4.78, 5) is 29.6. The number of amides is 1. The zero-order valence-corrected chi connectivity index (χ0v) is 20.2. The summed E-state index contributed by atoms with van der Waals surface area (Å²) in [6, 6.07) is 14.1. The summed E-state index contributed by atoms with van der Waals surface area (Å²) in [5.41, 5.74) is 8.48. The molecule has 1 aliphatic carbocycles. The highest BCUT2D eigenvalue weighted by molar-refractivity contribution is 5.97. The molecular weight excluding hydrogens is 464 g/mol. The van der Waals surface area contributed by atoms with Gasteiger partial charge in [-0.15, -0.1) is 0 Å². The van der Waals surface area contributed by atoms with Gasteiger partial charge in [-0.25, -0.2) is 9.97 Å². The number of nitrogens with one attached hydrogen (secondary N) is 3. The highest BCUT2D eigenvalue weighted by atomic mass is 16.1. The number of imidazole rings is 1. The van der Waals surface area contributed by atoms with Crippen LogP contribution >= 0.6 is 0 Å². The van der Waals surface area contributed by atoms with E-state index in [2.05, 4.69) is 48.7 Å². The Hall–Kier alpha value is -4.79. The van der Waals surface area contributed by atoms with Gasteiger partial charge in [-0.3, -0.25) is 14.9 Å². The van der Waals surface area contributed by atoms with Crippen molar-refractivity contribution in [3.8, 4) is 28.3 Å². The lowest BCUT2D eigenvalue weighted by atomic mass is 9.85. The molecule has 5 heterocycles. The summed E-state index contributed by atoms with van der Waals surface area (Å²) in [7, 11) is 0. The van der Waals surface area contributed by atoms with Crippen LogP contribution in [-0.4, -0.2) is 40.6 Å². The lowest BCUT2D eigenvalue weighted by molar-refractivity contribution is -0.122. The molecule has 0 radical (unpaired) electrons. The molecule has 0 bridgehead atoms. The van der Waals surface area contributed by atoms with Crippen LogP contribution in [0.25, 0.3) is 50.3 Å². The second kappa shape index (κ2) is 8.41. The molecule has 1 fully saturated rings. The van der Waals surface area contributed by atoms with Crippen molar-refractivity contribution in [3.05, 3.63) is 73.1 Å². The number of aromatic amines is 2. The molecule has 7 rings (SSSR count). The van der Waals surface area contributed by atoms with E-state index in [1.54, 1.807) is 12.4 Å². The standard InChI is InChI=1S/C28H24N8O/c1-16-14-36(15-30-16)25-7-3-6-22-20(25)11-24(32-22)27-26-23(34-35-27)9-8-21(33-26)18-10-19(13-29-12-18)31-28(37)17-4-2-5-17/h3,6-15,17,32H,2,4-5H2,1H3,(H,31,37)(H,34,35). The zero-order chi connectivity index (χ0) is 24.9. The van der Waals surface area contributed by atoms with Crippen LogP contribution in [0.5, 0.6) is 0 Å². The van der Waals surface area contributed by atoms with Gasteiger partial charge in [0.2, 0.25) is 5.91 Å². The van der Waals surface area contributed by atoms with Crippen molar-refractivity contribution in [3.63, 3.8) is 0 Å². The molecule has 6 aromatic rings. The van der Waals surface area contributed by atoms with E-state index in [0.29, 0.717) is 5.69 Å². The second-order valence-electron chi connectivity index (χ2n) is 9.59. The number of carbonyl (C=O) groups is 1. The maximum atomic E-state index is 12.4. The number of benzene rings is 1. The third kappa shape index (κ3) is 3.76. The molecule has 182 valence electrons. The molecule has 5 aromatic heterocycles. The number of aryl methyl sites for hydroxylation is 1. The Morgan fingerprint density at radius 3 is 2.84 bits per heavy atom. The Morgan fingerprint density at radius 1 is 1.11 bits per heavy atom. The molecule has 9 heteroatoms. The third-order valence-corrected chi connectivity index (χ3v) is 7.07. The maximum Gasteiger partial charge on any atom is 0.227 e. The van der Waals surface area contributed by atoms with Gasteiger partial charge in [0.05, 0.1) is 46.5 Å². The molecule has 1 aliphatic rings. The molecule has 37 heavy (non-hydrogen) atoms. The fraction of sp³-hybridized carbons (Fsp3) is 0.179. The second-order valence-corrected chi connectivity index (χ2v) is 9.59. The minimum atomic E-state index is 0.0646. The van der Waals surface area contributed by atoms with E-state index in [0.717, 1.165) is 75.2 Å². The van der Waals surface area contributed by atoms with Crippen molar-refractivity contribution in [2.24, 2.45) is 5.92 Å². The molecule has 0 saturated heterocycles. The first-order chi connectivity index (χ1) is 18.1. The number of pyridine rings is 2. The van der Waals surface area contributed by atoms with Crippen LogP contribution in [0, 0.1) is 12.8 Å². The number of H-pyrrole nitrogens is 2. The van der Waals surface area contributed by atoms with Crippen LogP contribution in [0.1, 0.15) is 25.0 Å². The van der Waals surface area contributed by atoms with Crippen LogP contribution < -0.4 is 5.32 Å². The normalized spacial score (nSPS) is 13.8. The first-order valence-electron chi connectivity index (χ1n) is 12.4. The maximum absolute atomic E-state index is 12.4. The first-order valence-corrected chi connectivity index (χ1v) is 12.4. The highest BCUT2D eigenvalue weighted by Gasteiger charge is 2.25. The minimum absolute atomic E-state index is 0.0646. The van der Waals surface area contributed by atoms with E-state index in [-0.39, 0.29) is 11.8 Å². The number of aromatic nitrogens is 7. The van der Waals surface area contributed by atoms with Gasteiger partial charge in [-0.1, -0.05) is 12.5 Å². The Bertz CT molecular complexity index is 1790. The number of nitrogens with zero attached hydrogens (tertiary/aromatic N) is 5. The number of rotatable bonds is 5. The molecule has 3 N–H and O–H groups in total. The summed E-state index contributed by atoms with van der Waals surface area (Å²) >= 11 is 0. The van der Waals surface area contributed by atoms with E-state index in [4.69, 9.17) is 4.98 Å². The van der Waals surface area contributed by atoms with Gasteiger partial charge in [0.25, 0.3) is 0 Å². The van der Waals surface area contributed by atoms with Gasteiger partial charge in [-0.2, -0.15) is 5.10 Å². The van der Waals surface area contributed by atoms with Crippen molar-refractivity contribution in [1.29, 1.82) is 0 Å². The summed E-state index contributed by atoms with van der Waals surface area (Å²) in [6.45, 7) is 1.98. The summed E-state index contributed by atoms with van der Waals surface area (Å²) in [6.07, 6.45) is 10.3. The lowest BCUT2D eigenvalue weighted by Gasteiger charge is -2.24. The fourth-order valence-electron chi connectivity index (χ4n) is 4.86. The topological polar surface area (TPSA) is 117 Å². The Morgan fingerprint density at radius 2 is 2.03 bits per heavy atom. The van der Waals surface area contributed by atoms with Gasteiger partial charge in [0.15, 0.2) is 0 Å². The number of anilines is 1. The van der Waals surface area contributed by atoms with Crippen molar-refractivity contribution in [2.45, 2.75) is 26.2 Å². The minimum Gasteiger partial charge on any atom is -0.353 e. The van der Waals surface area contributed by atoms with Crippen molar-refractivity contribution in [2.75, 3.05) is 5.32 Å². The molecule has 0 unspecified atom stereocenters. The van der Waals surface area contributed by atoms with Gasteiger partial charge in [0, 0.05) is 34.8 Å². The van der Waals surface area contributed by atoms with E-state index >= 15 is 0 Å². The molecule has 9 nitrogen and oxygen atoms in total. The lowest BCUT2D eigenvalue weighted by Crippen LogP contribution is -2.28. The summed E-state index contributed by atoms with van der Waals surface area (Å²) in [5, 5.41) is 11.8. The molecule has 1 amide bonds. The fourth-order valence-corrected chi connectivity index (χ4v) is 4.86. The molecule has 0 atom stereocenters. The first kappa shape index (κ1) is 21.5. The third-order valence-electron chi connectivity index (χ3n) is 7.07. The largest absolute Gasteiger partial charge is 0.353 e. The average Bonchev–Trinajstić information content (AvgIpc) is 3.60. The quantitative estimate of drug-likeness (QED) is 0.300. The zero-order valence-electron chi connectivity index (χ0n) is 20.2. The number of hydrogen-bond acceptors (Lipinski definition) is 5. The van der Waals surface area contributed by atoms with E-state index < -0.39 is 0 Å².